The van der Waals surface area contributed by atoms with Crippen LogP contribution in [-0.4, -0.2) is 19.7 Å². The lowest BCUT2D eigenvalue weighted by Crippen LogP contribution is -2.12. The highest BCUT2D eigenvalue weighted by Gasteiger charge is 2.24. The number of nitrogens with zero attached hydrogens (tertiary/aromatic N) is 4. The lowest BCUT2D eigenvalue weighted by Gasteiger charge is -2.24. The van der Waals surface area contributed by atoms with Crippen LogP contribution in [0.5, 0.6) is 0 Å². The standard InChI is InChI=1S/C16H20ClN5/c1-10(2)11-4-6-12(7-5-11)13-14(17)21-22(15(13)18)16-19-8-3-9-20-16/h3,6,8-11H,4-5,7,18H2,1-2H3. The Bertz CT molecular complexity index is 690. The van der Waals surface area contributed by atoms with Gasteiger partial charge in [0, 0.05) is 12.4 Å². The van der Waals surface area contributed by atoms with Gasteiger partial charge < -0.3 is 5.73 Å². The van der Waals surface area contributed by atoms with Gasteiger partial charge in [-0.25, -0.2) is 9.97 Å². The van der Waals surface area contributed by atoms with E-state index in [0.717, 1.165) is 30.7 Å². The van der Waals surface area contributed by atoms with Gasteiger partial charge in [0.25, 0.3) is 5.95 Å². The Hall–Kier alpha value is -1.88. The average Bonchev–Trinajstić information content (AvgIpc) is 2.83. The van der Waals surface area contributed by atoms with Crippen molar-refractivity contribution in [2.24, 2.45) is 11.8 Å². The zero-order valence-corrected chi connectivity index (χ0v) is 13.6. The molecule has 5 nitrogen and oxygen atoms in total. The summed E-state index contributed by atoms with van der Waals surface area (Å²) in [6.45, 7) is 4.55. The summed E-state index contributed by atoms with van der Waals surface area (Å²) in [4.78, 5) is 8.35. The van der Waals surface area contributed by atoms with Crippen molar-refractivity contribution in [1.29, 1.82) is 0 Å². The number of nitrogens with two attached hydrogens (primary N) is 1. The molecule has 0 spiro atoms. The second-order valence-electron chi connectivity index (χ2n) is 6.02. The minimum absolute atomic E-state index is 0.416. The highest BCUT2D eigenvalue weighted by molar-refractivity contribution is 6.31. The Labute approximate surface area is 135 Å². The molecule has 0 aromatic carbocycles. The molecule has 2 heterocycles. The molecular formula is C16H20ClN5. The average molecular weight is 318 g/mol. The maximum absolute atomic E-state index is 6.32. The molecule has 3 rings (SSSR count). The van der Waals surface area contributed by atoms with E-state index in [1.165, 1.54) is 10.3 Å². The van der Waals surface area contributed by atoms with E-state index in [9.17, 15) is 0 Å². The Balaban J connectivity index is 1.95. The number of hydrogen-bond acceptors (Lipinski definition) is 4. The molecule has 0 fully saturated rings. The fourth-order valence-corrected chi connectivity index (χ4v) is 3.23. The smallest absolute Gasteiger partial charge is 0.252 e. The van der Waals surface area contributed by atoms with Crippen LogP contribution in [0.3, 0.4) is 0 Å². The molecule has 2 aromatic heterocycles. The highest BCUT2D eigenvalue weighted by atomic mass is 35.5. The van der Waals surface area contributed by atoms with E-state index >= 15 is 0 Å². The summed E-state index contributed by atoms with van der Waals surface area (Å²) in [5.41, 5.74) is 8.27. The van der Waals surface area contributed by atoms with Crippen molar-refractivity contribution in [1.82, 2.24) is 19.7 Å². The third-order valence-corrected chi connectivity index (χ3v) is 4.60. The van der Waals surface area contributed by atoms with Crippen molar-refractivity contribution >= 4 is 23.0 Å². The predicted octanol–water partition coefficient (Wildman–Crippen LogP) is 3.74. The van der Waals surface area contributed by atoms with Gasteiger partial charge in [-0.05, 0) is 42.7 Å². The number of halogens is 1. The van der Waals surface area contributed by atoms with Crippen molar-refractivity contribution in [2.45, 2.75) is 33.1 Å². The van der Waals surface area contributed by atoms with Gasteiger partial charge >= 0.3 is 0 Å². The van der Waals surface area contributed by atoms with Crippen molar-refractivity contribution in [3.8, 4) is 5.95 Å². The van der Waals surface area contributed by atoms with Crippen molar-refractivity contribution < 1.29 is 0 Å². The molecule has 1 atom stereocenters. The molecule has 116 valence electrons. The first-order chi connectivity index (χ1) is 10.6. The lowest BCUT2D eigenvalue weighted by atomic mass is 9.81. The number of rotatable bonds is 3. The summed E-state index contributed by atoms with van der Waals surface area (Å²) in [7, 11) is 0. The van der Waals surface area contributed by atoms with Gasteiger partial charge in [0.2, 0.25) is 0 Å². The van der Waals surface area contributed by atoms with Gasteiger partial charge in [-0.2, -0.15) is 9.78 Å². The molecule has 1 aliphatic rings. The van der Waals surface area contributed by atoms with Gasteiger partial charge in [-0.1, -0.05) is 31.5 Å². The van der Waals surface area contributed by atoms with E-state index in [-0.39, 0.29) is 0 Å². The van der Waals surface area contributed by atoms with Crippen LogP contribution in [0, 0.1) is 11.8 Å². The topological polar surface area (TPSA) is 69.6 Å². The first-order valence-electron chi connectivity index (χ1n) is 7.58. The van der Waals surface area contributed by atoms with Crippen LogP contribution in [0.4, 0.5) is 5.82 Å². The van der Waals surface area contributed by atoms with Crippen molar-refractivity contribution in [3.05, 3.63) is 35.3 Å². The lowest BCUT2D eigenvalue weighted by molar-refractivity contribution is 0.359. The highest BCUT2D eigenvalue weighted by Crippen LogP contribution is 2.39. The normalized spacial score (nSPS) is 18.5. The van der Waals surface area contributed by atoms with E-state index in [1.54, 1.807) is 18.5 Å². The number of allylic oxidation sites excluding steroid dienone is 2. The second-order valence-corrected chi connectivity index (χ2v) is 6.38. The van der Waals surface area contributed by atoms with Crippen LogP contribution in [0.1, 0.15) is 38.7 Å². The zero-order valence-electron chi connectivity index (χ0n) is 12.8. The van der Waals surface area contributed by atoms with Crippen molar-refractivity contribution in [3.63, 3.8) is 0 Å². The Morgan fingerprint density at radius 1 is 1.32 bits per heavy atom. The van der Waals surface area contributed by atoms with Gasteiger partial charge in [-0.3, -0.25) is 0 Å². The van der Waals surface area contributed by atoms with Gasteiger partial charge in [0.15, 0.2) is 5.15 Å². The summed E-state index contributed by atoms with van der Waals surface area (Å²) >= 11 is 6.32. The second kappa shape index (κ2) is 6.08. The quantitative estimate of drug-likeness (QED) is 0.936. The fraction of sp³-hybridized carbons (Fsp3) is 0.438. The molecule has 1 unspecified atom stereocenters. The van der Waals surface area contributed by atoms with Crippen LogP contribution in [-0.2, 0) is 0 Å². The zero-order chi connectivity index (χ0) is 15.7. The van der Waals surface area contributed by atoms with Crippen LogP contribution < -0.4 is 5.73 Å². The van der Waals surface area contributed by atoms with Crippen LogP contribution >= 0.6 is 11.6 Å². The van der Waals surface area contributed by atoms with Gasteiger partial charge in [0.05, 0.1) is 5.56 Å². The number of aromatic nitrogens is 4. The maximum atomic E-state index is 6.32. The summed E-state index contributed by atoms with van der Waals surface area (Å²) in [5, 5.41) is 4.72. The van der Waals surface area contributed by atoms with Crippen molar-refractivity contribution in [2.75, 3.05) is 5.73 Å². The largest absolute Gasteiger partial charge is 0.383 e. The minimum Gasteiger partial charge on any atom is -0.383 e. The first-order valence-corrected chi connectivity index (χ1v) is 7.96. The molecule has 0 saturated carbocycles. The molecular weight excluding hydrogens is 298 g/mol. The number of anilines is 1. The van der Waals surface area contributed by atoms with E-state index in [2.05, 4.69) is 35.0 Å². The summed E-state index contributed by atoms with van der Waals surface area (Å²) in [6, 6.07) is 1.75. The van der Waals surface area contributed by atoms with Gasteiger partial charge in [-0.15, -0.1) is 0 Å². The maximum Gasteiger partial charge on any atom is 0.252 e. The number of nitrogen functional groups attached to an aromatic ring is 1. The monoisotopic (exact) mass is 317 g/mol. The molecule has 2 N–H and O–H groups in total. The third kappa shape index (κ3) is 2.73. The molecule has 6 heteroatoms. The molecule has 22 heavy (non-hydrogen) atoms. The molecule has 0 bridgehead atoms. The van der Waals surface area contributed by atoms with Crippen LogP contribution in [0.2, 0.25) is 5.15 Å². The first kappa shape index (κ1) is 15.0. The Morgan fingerprint density at radius 3 is 2.64 bits per heavy atom. The molecule has 1 aliphatic carbocycles. The Morgan fingerprint density at radius 2 is 2.05 bits per heavy atom. The molecule has 0 aliphatic heterocycles. The molecule has 0 amide bonds. The molecule has 0 radical (unpaired) electrons. The minimum atomic E-state index is 0.416. The van der Waals surface area contributed by atoms with Gasteiger partial charge in [0.1, 0.15) is 5.82 Å². The van der Waals surface area contributed by atoms with E-state index in [0.29, 0.717) is 22.8 Å². The summed E-state index contributed by atoms with van der Waals surface area (Å²) < 4.78 is 1.51. The summed E-state index contributed by atoms with van der Waals surface area (Å²) in [5.74, 6) is 2.37. The Kier molecular flexibility index (Phi) is 4.16. The van der Waals surface area contributed by atoms with Crippen LogP contribution in [0.15, 0.2) is 24.5 Å². The summed E-state index contributed by atoms with van der Waals surface area (Å²) in [6.07, 6.45) is 8.77. The van der Waals surface area contributed by atoms with E-state index in [1.807, 2.05) is 0 Å². The predicted molar refractivity (Wildman–Crippen MR) is 88.7 cm³/mol. The number of hydrogen-bond donors (Lipinski definition) is 1. The molecule has 2 aromatic rings. The van der Waals surface area contributed by atoms with E-state index in [4.69, 9.17) is 17.3 Å². The third-order valence-electron chi connectivity index (χ3n) is 4.34. The SMILES string of the molecule is CC(C)C1CC=C(c2c(Cl)nn(-c3ncccn3)c2N)CC1. The van der Waals surface area contributed by atoms with Crippen LogP contribution in [0.25, 0.3) is 11.5 Å². The fourth-order valence-electron chi connectivity index (χ4n) is 2.94. The van der Waals surface area contributed by atoms with E-state index < -0.39 is 0 Å². The molecule has 0 saturated heterocycles.